The molecule has 2 fully saturated rings. The largest absolute Gasteiger partial charge is 0.378 e. The third-order valence-corrected chi connectivity index (χ3v) is 6.74. The van der Waals surface area contributed by atoms with Crippen LogP contribution in [0.4, 0.5) is 0 Å². The molecule has 2 aliphatic rings. The summed E-state index contributed by atoms with van der Waals surface area (Å²) >= 11 is 4.31. The van der Waals surface area contributed by atoms with Gasteiger partial charge in [0.25, 0.3) is 0 Å². The highest BCUT2D eigenvalue weighted by atomic mass is 32.2. The first-order valence-corrected chi connectivity index (χ1v) is 9.65. The lowest BCUT2D eigenvalue weighted by Crippen LogP contribution is -2.41. The van der Waals surface area contributed by atoms with Crippen molar-refractivity contribution in [2.45, 2.75) is 56.4 Å². The Morgan fingerprint density at radius 2 is 2.33 bits per heavy atom. The predicted molar refractivity (Wildman–Crippen MR) is 83.9 cm³/mol. The molecule has 2 heterocycles. The SMILES string of the molecule is CCNC(CCCC1CCCO1)C1CSCCS1. The van der Waals surface area contributed by atoms with Crippen LogP contribution in [0.1, 0.15) is 39.0 Å². The molecule has 0 spiro atoms. The molecule has 0 saturated carbocycles. The second-order valence-corrected chi connectivity index (χ2v) is 7.71. The first-order valence-electron chi connectivity index (χ1n) is 7.44. The Balaban J connectivity index is 1.67. The van der Waals surface area contributed by atoms with Crippen molar-refractivity contribution in [1.82, 2.24) is 5.32 Å². The summed E-state index contributed by atoms with van der Waals surface area (Å²) in [6.45, 7) is 4.33. The van der Waals surface area contributed by atoms with Crippen molar-refractivity contribution in [1.29, 1.82) is 0 Å². The Hall–Kier alpha value is 0.620. The molecule has 0 bridgehead atoms. The van der Waals surface area contributed by atoms with Gasteiger partial charge in [0.1, 0.15) is 0 Å². The summed E-state index contributed by atoms with van der Waals surface area (Å²) in [4.78, 5) is 0. The van der Waals surface area contributed by atoms with E-state index < -0.39 is 0 Å². The van der Waals surface area contributed by atoms with Crippen molar-refractivity contribution < 1.29 is 4.74 Å². The molecular formula is C14H27NOS2. The van der Waals surface area contributed by atoms with Gasteiger partial charge >= 0.3 is 0 Å². The van der Waals surface area contributed by atoms with Crippen LogP contribution in [-0.4, -0.2) is 47.8 Å². The quantitative estimate of drug-likeness (QED) is 0.777. The standard InChI is InChI=1S/C14H27NOS2/c1-2-15-13(14-11-17-9-10-18-14)7-3-5-12-6-4-8-16-12/h12-15H,2-11H2,1H3. The highest BCUT2D eigenvalue weighted by Crippen LogP contribution is 2.29. The molecule has 2 nitrogen and oxygen atoms in total. The maximum absolute atomic E-state index is 5.71. The summed E-state index contributed by atoms with van der Waals surface area (Å²) in [5.74, 6) is 4.02. The van der Waals surface area contributed by atoms with Crippen LogP contribution in [0.5, 0.6) is 0 Å². The van der Waals surface area contributed by atoms with E-state index in [0.717, 1.165) is 18.4 Å². The van der Waals surface area contributed by atoms with Crippen molar-refractivity contribution >= 4 is 23.5 Å². The van der Waals surface area contributed by atoms with Gasteiger partial charge in [-0.1, -0.05) is 6.92 Å². The highest BCUT2D eigenvalue weighted by Gasteiger charge is 2.24. The molecule has 106 valence electrons. The van der Waals surface area contributed by atoms with E-state index >= 15 is 0 Å². The lowest BCUT2D eigenvalue weighted by molar-refractivity contribution is 0.101. The minimum absolute atomic E-state index is 0.570. The Bertz CT molecular complexity index is 216. The van der Waals surface area contributed by atoms with E-state index in [1.165, 1.54) is 49.4 Å². The van der Waals surface area contributed by atoms with Crippen molar-refractivity contribution in [3.8, 4) is 0 Å². The summed E-state index contributed by atoms with van der Waals surface area (Å²) in [5.41, 5.74) is 0. The van der Waals surface area contributed by atoms with Gasteiger partial charge in [-0.2, -0.15) is 23.5 Å². The van der Waals surface area contributed by atoms with E-state index in [9.17, 15) is 0 Å². The highest BCUT2D eigenvalue weighted by molar-refractivity contribution is 8.06. The van der Waals surface area contributed by atoms with E-state index in [1.807, 2.05) is 0 Å². The fourth-order valence-electron chi connectivity index (χ4n) is 2.86. The maximum atomic E-state index is 5.71. The van der Waals surface area contributed by atoms with Crippen LogP contribution in [0.25, 0.3) is 0 Å². The third kappa shape index (κ3) is 4.95. The third-order valence-electron chi connectivity index (χ3n) is 3.82. The van der Waals surface area contributed by atoms with Gasteiger partial charge < -0.3 is 10.1 Å². The Kier molecular flexibility index (Phi) is 7.28. The van der Waals surface area contributed by atoms with Crippen LogP contribution in [0.2, 0.25) is 0 Å². The molecule has 4 heteroatoms. The molecule has 0 radical (unpaired) electrons. The fourth-order valence-corrected chi connectivity index (χ4v) is 5.79. The van der Waals surface area contributed by atoms with Crippen molar-refractivity contribution in [3.05, 3.63) is 0 Å². The van der Waals surface area contributed by atoms with Gasteiger partial charge in [0.15, 0.2) is 0 Å². The molecule has 2 rings (SSSR count). The Labute approximate surface area is 120 Å². The van der Waals surface area contributed by atoms with Gasteiger partial charge in [-0.3, -0.25) is 0 Å². The zero-order chi connectivity index (χ0) is 12.6. The monoisotopic (exact) mass is 289 g/mol. The van der Waals surface area contributed by atoms with Crippen molar-refractivity contribution in [2.24, 2.45) is 0 Å². The molecule has 3 atom stereocenters. The van der Waals surface area contributed by atoms with E-state index in [1.54, 1.807) is 0 Å². The first-order chi connectivity index (χ1) is 8.90. The van der Waals surface area contributed by atoms with Crippen LogP contribution in [-0.2, 0) is 4.74 Å². The summed E-state index contributed by atoms with van der Waals surface area (Å²) in [7, 11) is 0. The minimum Gasteiger partial charge on any atom is -0.378 e. The van der Waals surface area contributed by atoms with Crippen LogP contribution < -0.4 is 5.32 Å². The average molecular weight is 290 g/mol. The van der Waals surface area contributed by atoms with E-state index in [0.29, 0.717) is 12.1 Å². The molecule has 1 N–H and O–H groups in total. The van der Waals surface area contributed by atoms with E-state index in [-0.39, 0.29) is 0 Å². The van der Waals surface area contributed by atoms with Crippen molar-refractivity contribution in [3.63, 3.8) is 0 Å². The molecule has 0 aliphatic carbocycles. The predicted octanol–water partition coefficient (Wildman–Crippen LogP) is 3.16. The van der Waals surface area contributed by atoms with E-state index in [4.69, 9.17) is 4.74 Å². The number of thioether (sulfide) groups is 2. The fraction of sp³-hybridized carbons (Fsp3) is 1.00. The van der Waals surface area contributed by atoms with E-state index in [2.05, 4.69) is 35.8 Å². The molecule has 18 heavy (non-hydrogen) atoms. The molecule has 3 unspecified atom stereocenters. The molecule has 0 aromatic heterocycles. The summed E-state index contributed by atoms with van der Waals surface area (Å²) in [6, 6.07) is 0.717. The Morgan fingerprint density at radius 1 is 1.39 bits per heavy atom. The molecule has 0 amide bonds. The van der Waals surface area contributed by atoms with Gasteiger partial charge in [-0.15, -0.1) is 0 Å². The molecule has 0 aromatic rings. The van der Waals surface area contributed by atoms with Gasteiger partial charge in [0.2, 0.25) is 0 Å². The molecule has 2 saturated heterocycles. The van der Waals surface area contributed by atoms with Crippen LogP contribution in [0, 0.1) is 0 Å². The summed E-state index contributed by atoms with van der Waals surface area (Å²) in [5, 5.41) is 4.53. The molecule has 2 aliphatic heterocycles. The minimum atomic E-state index is 0.570. The van der Waals surface area contributed by atoms with Crippen LogP contribution >= 0.6 is 23.5 Å². The number of rotatable bonds is 7. The average Bonchev–Trinajstić information content (AvgIpc) is 2.92. The first kappa shape index (κ1) is 15.0. The van der Waals surface area contributed by atoms with Gasteiger partial charge in [-0.05, 0) is 38.6 Å². The second kappa shape index (κ2) is 8.72. The summed E-state index contributed by atoms with van der Waals surface area (Å²) < 4.78 is 5.71. The second-order valence-electron chi connectivity index (χ2n) is 5.21. The van der Waals surface area contributed by atoms with Crippen LogP contribution in [0.15, 0.2) is 0 Å². The number of hydrogen-bond acceptors (Lipinski definition) is 4. The lowest BCUT2D eigenvalue weighted by atomic mass is 10.0. The van der Waals surface area contributed by atoms with Gasteiger partial charge in [-0.25, -0.2) is 0 Å². The number of hydrogen-bond donors (Lipinski definition) is 1. The normalized spacial score (nSPS) is 30.5. The Morgan fingerprint density at radius 3 is 3.00 bits per heavy atom. The maximum Gasteiger partial charge on any atom is 0.0576 e. The van der Waals surface area contributed by atoms with Crippen molar-refractivity contribution in [2.75, 3.05) is 30.4 Å². The summed E-state index contributed by atoms with van der Waals surface area (Å²) in [6.07, 6.45) is 7.05. The number of nitrogens with one attached hydrogen (secondary N) is 1. The van der Waals surface area contributed by atoms with Gasteiger partial charge in [0, 0.05) is 35.2 Å². The lowest BCUT2D eigenvalue weighted by Gasteiger charge is -2.30. The zero-order valence-corrected chi connectivity index (χ0v) is 13.2. The topological polar surface area (TPSA) is 21.3 Å². The van der Waals surface area contributed by atoms with Crippen LogP contribution in [0.3, 0.4) is 0 Å². The number of ether oxygens (including phenoxy) is 1. The molecule has 0 aromatic carbocycles. The van der Waals surface area contributed by atoms with Gasteiger partial charge in [0.05, 0.1) is 6.10 Å². The molecular weight excluding hydrogens is 262 g/mol. The zero-order valence-electron chi connectivity index (χ0n) is 11.5. The smallest absolute Gasteiger partial charge is 0.0576 e.